The monoisotopic (exact) mass is 661 g/mol. The van der Waals surface area contributed by atoms with Gasteiger partial charge in [0.25, 0.3) is 5.56 Å². The summed E-state index contributed by atoms with van der Waals surface area (Å²) in [6, 6.07) is 3.47. The Kier molecular flexibility index (Phi) is 8.18. The number of pyridine rings is 2. The molecule has 1 amide bonds. The summed E-state index contributed by atoms with van der Waals surface area (Å²) in [5, 5.41) is 13.5. The van der Waals surface area contributed by atoms with Crippen LogP contribution in [0.2, 0.25) is 0 Å². The average molecular weight is 662 g/mol. The number of phenolic OH excluding ortho intramolecular Hbond substituents is 1. The van der Waals surface area contributed by atoms with Crippen molar-refractivity contribution in [1.29, 1.82) is 0 Å². The molecule has 3 atom stereocenters. The highest BCUT2D eigenvalue weighted by Crippen LogP contribution is 2.46. The van der Waals surface area contributed by atoms with Gasteiger partial charge in [-0.15, -0.1) is 0 Å². The molecule has 10 nitrogen and oxygen atoms in total. The first-order valence-corrected chi connectivity index (χ1v) is 15.4. The lowest BCUT2D eigenvalue weighted by atomic mass is 9.92. The highest BCUT2D eigenvalue weighted by Gasteiger charge is 2.47. The Hall–Kier alpha value is -5.33. The van der Waals surface area contributed by atoms with Crippen LogP contribution in [0.4, 0.5) is 24.5 Å². The van der Waals surface area contributed by atoms with Crippen molar-refractivity contribution >= 4 is 34.2 Å². The molecular weight excluding hydrogens is 627 g/mol. The molecule has 2 aliphatic rings. The molecule has 0 bridgehead atoms. The quantitative estimate of drug-likeness (QED) is 0.223. The molecule has 48 heavy (non-hydrogen) atoms. The number of esters is 1. The van der Waals surface area contributed by atoms with Crippen LogP contribution in [0, 0.1) is 24.4 Å². The summed E-state index contributed by atoms with van der Waals surface area (Å²) in [5.74, 6) is -5.60. The second-order valence-corrected chi connectivity index (χ2v) is 12.4. The molecule has 3 unspecified atom stereocenters. The van der Waals surface area contributed by atoms with Gasteiger partial charge in [-0.3, -0.25) is 19.1 Å². The zero-order valence-corrected chi connectivity index (χ0v) is 27.0. The van der Waals surface area contributed by atoms with E-state index in [0.717, 1.165) is 28.8 Å². The van der Waals surface area contributed by atoms with Gasteiger partial charge in [0.15, 0.2) is 5.82 Å². The third-order valence-corrected chi connectivity index (χ3v) is 9.15. The van der Waals surface area contributed by atoms with E-state index in [2.05, 4.69) is 16.9 Å². The van der Waals surface area contributed by atoms with Crippen LogP contribution < -0.4 is 15.8 Å². The zero-order valence-electron chi connectivity index (χ0n) is 27.0. The van der Waals surface area contributed by atoms with Crippen molar-refractivity contribution in [3.63, 3.8) is 0 Å². The second-order valence-electron chi connectivity index (χ2n) is 12.4. The van der Waals surface area contributed by atoms with E-state index >= 15 is 13.2 Å². The van der Waals surface area contributed by atoms with E-state index in [9.17, 15) is 19.5 Å². The number of aromatic hydroxyl groups is 1. The molecule has 0 spiro atoms. The zero-order chi connectivity index (χ0) is 34.8. The Bertz CT molecular complexity index is 2060. The van der Waals surface area contributed by atoms with Gasteiger partial charge in [0.1, 0.15) is 29.1 Å². The predicted octanol–water partition coefficient (Wildman–Crippen LogP) is 5.17. The minimum Gasteiger partial charge on any atom is -0.507 e. The number of aromatic nitrogens is 2. The van der Waals surface area contributed by atoms with Crippen molar-refractivity contribution in [2.24, 2.45) is 0 Å². The van der Waals surface area contributed by atoms with Crippen LogP contribution in [0.3, 0.4) is 0 Å². The molecule has 0 radical (unpaired) electrons. The van der Waals surface area contributed by atoms with Crippen LogP contribution in [0.1, 0.15) is 37.9 Å². The maximum Gasteiger partial charge on any atom is 0.330 e. The SMILES string of the molecule is C=CC(=O)N1CC2C(C(=O)OC)Nc3c(c4cc(F)c(-c5c(O)cccc5F)c(F)c4n(-c4c(C)ccnc4C(C)C)c3=O)N2CC1C. The van der Waals surface area contributed by atoms with Crippen molar-refractivity contribution < 1.29 is 32.6 Å². The summed E-state index contributed by atoms with van der Waals surface area (Å²) in [4.78, 5) is 48.6. The number of ether oxygens (including phenoxy) is 1. The number of nitrogens with one attached hydrogen (secondary N) is 1. The summed E-state index contributed by atoms with van der Waals surface area (Å²) in [5.41, 5.74) is -1.55. The Morgan fingerprint density at radius 3 is 2.50 bits per heavy atom. The highest BCUT2D eigenvalue weighted by atomic mass is 19.1. The number of methoxy groups -OCH3 is 1. The van der Waals surface area contributed by atoms with Crippen molar-refractivity contribution in [1.82, 2.24) is 14.5 Å². The number of halogens is 3. The minimum atomic E-state index is -1.29. The molecule has 6 rings (SSSR count). The minimum absolute atomic E-state index is 0.00579. The topological polar surface area (TPSA) is 117 Å². The summed E-state index contributed by atoms with van der Waals surface area (Å²) in [7, 11) is 1.19. The van der Waals surface area contributed by atoms with Gasteiger partial charge < -0.3 is 25.0 Å². The molecule has 4 heterocycles. The van der Waals surface area contributed by atoms with Crippen molar-refractivity contribution in [2.45, 2.75) is 51.7 Å². The molecule has 250 valence electrons. The maximum absolute atomic E-state index is 17.2. The van der Waals surface area contributed by atoms with Crippen molar-refractivity contribution in [3.8, 4) is 22.6 Å². The molecule has 4 aromatic rings. The first-order valence-electron chi connectivity index (χ1n) is 15.4. The van der Waals surface area contributed by atoms with E-state index in [0.29, 0.717) is 11.3 Å². The normalized spacial score (nSPS) is 18.7. The molecule has 0 aliphatic carbocycles. The molecule has 2 aliphatic heterocycles. The van der Waals surface area contributed by atoms with Gasteiger partial charge in [0.05, 0.1) is 46.9 Å². The molecule has 1 saturated heterocycles. The number of piperazine rings is 1. The van der Waals surface area contributed by atoms with E-state index in [1.165, 1.54) is 18.1 Å². The van der Waals surface area contributed by atoms with E-state index in [4.69, 9.17) is 4.74 Å². The molecule has 2 aromatic heterocycles. The first-order chi connectivity index (χ1) is 22.8. The molecular formula is C35H34F3N5O5. The van der Waals surface area contributed by atoms with Crippen LogP contribution >= 0.6 is 0 Å². The number of nitrogens with zero attached hydrogens (tertiary/aromatic N) is 4. The van der Waals surface area contributed by atoms with E-state index in [1.54, 1.807) is 31.0 Å². The highest BCUT2D eigenvalue weighted by molar-refractivity contribution is 6.04. The van der Waals surface area contributed by atoms with Gasteiger partial charge in [-0.2, -0.15) is 0 Å². The van der Waals surface area contributed by atoms with Crippen molar-refractivity contribution in [2.75, 3.05) is 30.4 Å². The molecule has 2 N–H and O–H groups in total. The number of rotatable bonds is 5. The van der Waals surface area contributed by atoms with Gasteiger partial charge in [-0.25, -0.2) is 18.0 Å². The molecule has 0 saturated carbocycles. The van der Waals surface area contributed by atoms with Gasteiger partial charge in [0, 0.05) is 30.7 Å². The van der Waals surface area contributed by atoms with Crippen LogP contribution in [0.25, 0.3) is 27.7 Å². The fraction of sp³-hybridized carbons (Fsp3) is 0.314. The number of carbonyl (C=O) groups is 2. The lowest BCUT2D eigenvalue weighted by Gasteiger charge is -2.51. The second kappa shape index (κ2) is 12.0. The van der Waals surface area contributed by atoms with Crippen LogP contribution in [-0.4, -0.2) is 69.8 Å². The predicted molar refractivity (Wildman–Crippen MR) is 175 cm³/mol. The van der Waals surface area contributed by atoms with Gasteiger partial charge in [-0.05, 0) is 55.7 Å². The summed E-state index contributed by atoms with van der Waals surface area (Å²) in [6.45, 7) is 10.8. The Balaban J connectivity index is 1.79. The molecule has 2 aromatic carbocycles. The number of benzene rings is 2. The number of aryl methyl sites for hydroxylation is 1. The summed E-state index contributed by atoms with van der Waals surface area (Å²) < 4.78 is 54.9. The maximum atomic E-state index is 17.2. The van der Waals surface area contributed by atoms with E-state index in [-0.39, 0.29) is 52.9 Å². The Labute approximate surface area is 274 Å². The fourth-order valence-electron chi connectivity index (χ4n) is 6.93. The van der Waals surface area contributed by atoms with E-state index in [1.807, 2.05) is 13.8 Å². The number of phenols is 1. The summed E-state index contributed by atoms with van der Waals surface area (Å²) in [6.07, 6.45) is 2.71. The van der Waals surface area contributed by atoms with Gasteiger partial charge in [0.2, 0.25) is 5.91 Å². The third-order valence-electron chi connectivity index (χ3n) is 9.15. The van der Waals surface area contributed by atoms with Crippen molar-refractivity contribution in [3.05, 3.63) is 88.2 Å². The number of anilines is 2. The molecule has 1 fully saturated rings. The van der Waals surface area contributed by atoms with Crippen LogP contribution in [0.15, 0.2) is 54.0 Å². The number of amides is 1. The Morgan fingerprint density at radius 1 is 1.12 bits per heavy atom. The molecule has 13 heteroatoms. The first kappa shape index (κ1) is 32.6. The largest absolute Gasteiger partial charge is 0.507 e. The standard InChI is InChI=1S/C35H34F3N5O5/c1-7-24(45)41-15-22-29(35(47)48-6)40-30-33(42(22)14-18(41)5)19-13-21(37)26(25-20(36)9-8-10-23(25)44)27(38)32(19)43(34(30)46)31-17(4)11-12-39-28(31)16(2)3/h7-13,16,18,22,29,40,44H,1,14-15H2,2-6H3. The number of hydrogen-bond acceptors (Lipinski definition) is 8. The lowest BCUT2D eigenvalue weighted by Crippen LogP contribution is -2.67. The average Bonchev–Trinajstić information content (AvgIpc) is 3.05. The van der Waals surface area contributed by atoms with Gasteiger partial charge in [-0.1, -0.05) is 26.5 Å². The fourth-order valence-corrected chi connectivity index (χ4v) is 6.93. The van der Waals surface area contributed by atoms with E-state index < -0.39 is 64.0 Å². The van der Waals surface area contributed by atoms with Gasteiger partial charge >= 0.3 is 5.97 Å². The number of hydrogen-bond donors (Lipinski definition) is 2. The smallest absolute Gasteiger partial charge is 0.330 e. The summed E-state index contributed by atoms with van der Waals surface area (Å²) >= 11 is 0. The third kappa shape index (κ3) is 4.87. The van der Waals surface area contributed by atoms with Crippen LogP contribution in [-0.2, 0) is 14.3 Å². The number of carbonyl (C=O) groups excluding carboxylic acids is 2. The Morgan fingerprint density at radius 2 is 1.85 bits per heavy atom. The lowest BCUT2D eigenvalue weighted by molar-refractivity contribution is -0.143. The van der Waals surface area contributed by atoms with Crippen LogP contribution in [0.5, 0.6) is 5.75 Å². The number of fused-ring (bicyclic) bond motifs is 5.